The lowest BCUT2D eigenvalue weighted by Gasteiger charge is -2.29. The first-order valence-corrected chi connectivity index (χ1v) is 4.90. The summed E-state index contributed by atoms with van der Waals surface area (Å²) >= 11 is 0. The number of hydrogen-bond donors (Lipinski definition) is 1. The summed E-state index contributed by atoms with van der Waals surface area (Å²) in [5, 5.41) is 9.77. The Bertz CT molecular complexity index is 190. The number of epoxide rings is 1. The van der Waals surface area contributed by atoms with Crippen molar-refractivity contribution in [1.29, 1.82) is 0 Å². The second kappa shape index (κ2) is 2.46. The third-order valence-electron chi connectivity index (χ3n) is 3.63. The molecule has 2 rings (SSSR count). The highest BCUT2D eigenvalue weighted by molar-refractivity contribution is 5.09. The van der Waals surface area contributed by atoms with Crippen LogP contribution in [0.4, 0.5) is 0 Å². The van der Waals surface area contributed by atoms with E-state index in [4.69, 9.17) is 4.74 Å². The van der Waals surface area contributed by atoms with Crippen LogP contribution in [-0.4, -0.2) is 22.9 Å². The fourth-order valence-corrected chi connectivity index (χ4v) is 2.28. The predicted octanol–water partition coefficient (Wildman–Crippen LogP) is 1.57. The third kappa shape index (κ3) is 1.09. The zero-order valence-corrected chi connectivity index (χ0v) is 8.08. The Hall–Kier alpha value is -0.0800. The van der Waals surface area contributed by atoms with Crippen molar-refractivity contribution in [1.82, 2.24) is 0 Å². The van der Waals surface area contributed by atoms with Gasteiger partial charge in [0.2, 0.25) is 0 Å². The largest absolute Gasteiger partial charge is 0.390 e. The van der Waals surface area contributed by atoms with Crippen LogP contribution >= 0.6 is 0 Å². The first-order valence-electron chi connectivity index (χ1n) is 4.90. The number of rotatable bonds is 1. The van der Waals surface area contributed by atoms with E-state index in [0.717, 1.165) is 12.8 Å². The van der Waals surface area contributed by atoms with Crippen LogP contribution in [0.5, 0.6) is 0 Å². The number of ether oxygens (including phenoxy) is 1. The van der Waals surface area contributed by atoms with Crippen LogP contribution in [0, 0.1) is 11.8 Å². The standard InChI is InChI=1S/C10H18O2/c1-6(2)7-4-8(11)10(3)9(5-7)12-10/h6-9,11H,4-5H2,1-3H3/t7-,8-,9?,10?/m1/s1. The molecule has 1 N–H and O–H groups in total. The van der Waals surface area contributed by atoms with Gasteiger partial charge in [0.1, 0.15) is 5.60 Å². The van der Waals surface area contributed by atoms with E-state index in [-0.39, 0.29) is 11.7 Å². The fraction of sp³-hybridized carbons (Fsp3) is 1.00. The number of fused-ring (bicyclic) bond motifs is 1. The van der Waals surface area contributed by atoms with Crippen LogP contribution in [-0.2, 0) is 4.74 Å². The normalized spacial score (nSPS) is 52.2. The highest BCUT2D eigenvalue weighted by Gasteiger charge is 2.61. The van der Waals surface area contributed by atoms with Crippen molar-refractivity contribution in [2.75, 3.05) is 0 Å². The van der Waals surface area contributed by atoms with E-state index in [1.807, 2.05) is 6.92 Å². The van der Waals surface area contributed by atoms with Crippen LogP contribution in [0.25, 0.3) is 0 Å². The van der Waals surface area contributed by atoms with Crippen LogP contribution in [0.3, 0.4) is 0 Å². The molecule has 12 heavy (non-hydrogen) atoms. The summed E-state index contributed by atoms with van der Waals surface area (Å²) in [5.41, 5.74) is -0.175. The third-order valence-corrected chi connectivity index (χ3v) is 3.63. The Kier molecular flexibility index (Phi) is 1.74. The van der Waals surface area contributed by atoms with Crippen LogP contribution < -0.4 is 0 Å². The van der Waals surface area contributed by atoms with E-state index in [9.17, 15) is 5.11 Å². The van der Waals surface area contributed by atoms with Gasteiger partial charge < -0.3 is 9.84 Å². The maximum Gasteiger partial charge on any atom is 0.118 e. The van der Waals surface area contributed by atoms with E-state index in [0.29, 0.717) is 17.9 Å². The molecular formula is C10H18O2. The first kappa shape index (κ1) is 8.52. The molecule has 2 aliphatic rings. The zero-order chi connectivity index (χ0) is 8.93. The molecule has 0 aromatic carbocycles. The molecule has 1 saturated heterocycles. The zero-order valence-electron chi connectivity index (χ0n) is 8.08. The van der Waals surface area contributed by atoms with E-state index in [2.05, 4.69) is 13.8 Å². The Morgan fingerprint density at radius 1 is 1.42 bits per heavy atom. The van der Waals surface area contributed by atoms with Gasteiger partial charge in [-0.25, -0.2) is 0 Å². The minimum Gasteiger partial charge on any atom is -0.390 e. The van der Waals surface area contributed by atoms with E-state index >= 15 is 0 Å². The highest BCUT2D eigenvalue weighted by atomic mass is 16.6. The first-order chi connectivity index (χ1) is 5.54. The number of hydrogen-bond acceptors (Lipinski definition) is 2. The molecule has 0 spiro atoms. The molecule has 70 valence electrons. The molecule has 2 unspecified atom stereocenters. The molecule has 0 amide bonds. The van der Waals surface area contributed by atoms with Crippen molar-refractivity contribution in [3.8, 4) is 0 Å². The highest BCUT2D eigenvalue weighted by Crippen LogP contribution is 2.50. The van der Waals surface area contributed by atoms with Gasteiger partial charge in [-0.15, -0.1) is 0 Å². The minimum atomic E-state index is -0.233. The summed E-state index contributed by atoms with van der Waals surface area (Å²) in [7, 11) is 0. The van der Waals surface area contributed by atoms with E-state index in [1.54, 1.807) is 0 Å². The summed E-state index contributed by atoms with van der Waals surface area (Å²) < 4.78 is 5.51. The SMILES string of the molecule is CC(C)[C@H]1CC2OC2(C)[C@H](O)C1. The molecule has 2 heteroatoms. The Morgan fingerprint density at radius 3 is 2.58 bits per heavy atom. The average molecular weight is 170 g/mol. The van der Waals surface area contributed by atoms with Crippen molar-refractivity contribution in [2.24, 2.45) is 11.8 Å². The van der Waals surface area contributed by atoms with Crippen molar-refractivity contribution >= 4 is 0 Å². The maximum atomic E-state index is 9.77. The van der Waals surface area contributed by atoms with Crippen molar-refractivity contribution in [2.45, 2.75) is 51.4 Å². The average Bonchev–Trinajstić information content (AvgIpc) is 2.62. The molecule has 1 aliphatic carbocycles. The second-order valence-corrected chi connectivity index (χ2v) is 4.78. The molecule has 2 nitrogen and oxygen atoms in total. The molecule has 2 fully saturated rings. The lowest BCUT2D eigenvalue weighted by atomic mass is 9.76. The molecule has 0 bridgehead atoms. The summed E-state index contributed by atoms with van der Waals surface area (Å²) in [6.45, 7) is 6.48. The maximum absolute atomic E-state index is 9.77. The minimum absolute atomic E-state index is 0.175. The summed E-state index contributed by atoms with van der Waals surface area (Å²) in [6, 6.07) is 0. The van der Waals surface area contributed by atoms with E-state index < -0.39 is 0 Å². The Balaban J connectivity index is 2.02. The molecule has 0 aromatic heterocycles. The van der Waals surface area contributed by atoms with Gasteiger partial charge >= 0.3 is 0 Å². The monoisotopic (exact) mass is 170 g/mol. The quantitative estimate of drug-likeness (QED) is 0.606. The Labute approximate surface area is 73.9 Å². The molecule has 0 radical (unpaired) electrons. The van der Waals surface area contributed by atoms with Crippen molar-refractivity contribution in [3.63, 3.8) is 0 Å². The second-order valence-electron chi connectivity index (χ2n) is 4.78. The molecule has 1 heterocycles. The predicted molar refractivity (Wildman–Crippen MR) is 46.8 cm³/mol. The van der Waals surface area contributed by atoms with Crippen molar-refractivity contribution in [3.05, 3.63) is 0 Å². The lowest BCUT2D eigenvalue weighted by Crippen LogP contribution is -2.37. The molecule has 1 aliphatic heterocycles. The van der Waals surface area contributed by atoms with Gasteiger partial charge in [0.25, 0.3) is 0 Å². The van der Waals surface area contributed by atoms with Gasteiger partial charge in [0, 0.05) is 0 Å². The van der Waals surface area contributed by atoms with Crippen LogP contribution in [0.1, 0.15) is 33.6 Å². The molecule has 4 atom stereocenters. The molecular weight excluding hydrogens is 152 g/mol. The lowest BCUT2D eigenvalue weighted by molar-refractivity contribution is 0.0509. The van der Waals surface area contributed by atoms with Gasteiger partial charge in [-0.1, -0.05) is 13.8 Å². The Morgan fingerprint density at radius 2 is 2.08 bits per heavy atom. The van der Waals surface area contributed by atoms with Gasteiger partial charge in [0.05, 0.1) is 12.2 Å². The van der Waals surface area contributed by atoms with Crippen LogP contribution in [0.2, 0.25) is 0 Å². The molecule has 0 aromatic rings. The smallest absolute Gasteiger partial charge is 0.118 e. The van der Waals surface area contributed by atoms with Gasteiger partial charge in [0.15, 0.2) is 0 Å². The summed E-state index contributed by atoms with van der Waals surface area (Å²) in [6.07, 6.45) is 2.17. The van der Waals surface area contributed by atoms with Gasteiger partial charge in [-0.3, -0.25) is 0 Å². The van der Waals surface area contributed by atoms with E-state index in [1.165, 1.54) is 0 Å². The van der Waals surface area contributed by atoms with Crippen molar-refractivity contribution < 1.29 is 9.84 Å². The van der Waals surface area contributed by atoms with Gasteiger partial charge in [-0.05, 0) is 31.6 Å². The topological polar surface area (TPSA) is 32.8 Å². The molecule has 1 saturated carbocycles. The van der Waals surface area contributed by atoms with Gasteiger partial charge in [-0.2, -0.15) is 0 Å². The number of aliphatic hydroxyl groups is 1. The van der Waals surface area contributed by atoms with Crippen LogP contribution in [0.15, 0.2) is 0 Å². The summed E-state index contributed by atoms with van der Waals surface area (Å²) in [5.74, 6) is 1.33. The number of aliphatic hydroxyl groups excluding tert-OH is 1. The summed E-state index contributed by atoms with van der Waals surface area (Å²) in [4.78, 5) is 0. The fourth-order valence-electron chi connectivity index (χ4n) is 2.28.